The van der Waals surface area contributed by atoms with Crippen molar-refractivity contribution in [1.29, 1.82) is 0 Å². The molecule has 1 aliphatic carbocycles. The van der Waals surface area contributed by atoms with Crippen molar-refractivity contribution in [3.63, 3.8) is 0 Å². The number of amides is 2. The molecule has 1 rings (SSSR count). The van der Waals surface area contributed by atoms with Gasteiger partial charge in [0, 0.05) is 19.5 Å². The maximum atomic E-state index is 12.1. The summed E-state index contributed by atoms with van der Waals surface area (Å²) in [7, 11) is 1.61. The van der Waals surface area contributed by atoms with Crippen molar-refractivity contribution < 1.29 is 9.59 Å². The summed E-state index contributed by atoms with van der Waals surface area (Å²) >= 11 is 0. The third kappa shape index (κ3) is 4.49. The molecule has 0 unspecified atom stereocenters. The van der Waals surface area contributed by atoms with Crippen molar-refractivity contribution >= 4 is 11.8 Å². The first-order chi connectivity index (χ1) is 8.90. The molecule has 0 aromatic rings. The van der Waals surface area contributed by atoms with E-state index in [-0.39, 0.29) is 17.7 Å². The number of nitrogens with one attached hydrogen (secondary N) is 2. The normalized spacial score (nSPS) is 23.8. The van der Waals surface area contributed by atoms with Gasteiger partial charge in [-0.05, 0) is 52.0 Å². The quantitative estimate of drug-likeness (QED) is 0.685. The summed E-state index contributed by atoms with van der Waals surface area (Å²) in [6.45, 7) is 4.76. The Balaban J connectivity index is 2.38. The number of nitrogens with two attached hydrogens (primary N) is 1. The van der Waals surface area contributed by atoms with E-state index in [1.165, 1.54) is 0 Å². The van der Waals surface area contributed by atoms with Gasteiger partial charge in [-0.25, -0.2) is 0 Å². The monoisotopic (exact) mass is 269 g/mol. The third-order valence-corrected chi connectivity index (χ3v) is 4.10. The van der Waals surface area contributed by atoms with E-state index >= 15 is 0 Å². The van der Waals surface area contributed by atoms with Crippen molar-refractivity contribution in [1.82, 2.24) is 10.6 Å². The van der Waals surface area contributed by atoms with E-state index in [1.54, 1.807) is 7.05 Å². The molecule has 0 saturated heterocycles. The zero-order valence-electron chi connectivity index (χ0n) is 12.3. The van der Waals surface area contributed by atoms with E-state index in [1.807, 2.05) is 13.8 Å². The minimum Gasteiger partial charge on any atom is -0.359 e. The number of carbonyl (C=O) groups is 2. The van der Waals surface area contributed by atoms with Crippen LogP contribution in [0.5, 0.6) is 0 Å². The third-order valence-electron chi connectivity index (χ3n) is 4.10. The van der Waals surface area contributed by atoms with Crippen LogP contribution >= 0.6 is 0 Å². The van der Waals surface area contributed by atoms with Gasteiger partial charge >= 0.3 is 0 Å². The van der Waals surface area contributed by atoms with Gasteiger partial charge in [0.05, 0.1) is 5.41 Å². The zero-order chi connectivity index (χ0) is 14.5. The summed E-state index contributed by atoms with van der Waals surface area (Å²) in [4.78, 5) is 23.7. The standard InChI is InChI=1S/C14H27N3O2/c1-14(2,13(19)16-3)9-17-12(18)11-6-4-10(8-15)5-7-11/h10-11H,4-9,15H2,1-3H3,(H,16,19)(H,17,18). The summed E-state index contributed by atoms with van der Waals surface area (Å²) < 4.78 is 0. The molecule has 2 amide bonds. The van der Waals surface area contributed by atoms with Crippen LogP contribution in [0.1, 0.15) is 39.5 Å². The maximum Gasteiger partial charge on any atom is 0.227 e. The van der Waals surface area contributed by atoms with Crippen molar-refractivity contribution in [2.24, 2.45) is 23.0 Å². The fourth-order valence-electron chi connectivity index (χ4n) is 2.53. The SMILES string of the molecule is CNC(=O)C(C)(C)CNC(=O)C1CCC(CN)CC1. The van der Waals surface area contributed by atoms with Crippen molar-refractivity contribution in [3.8, 4) is 0 Å². The van der Waals surface area contributed by atoms with Gasteiger partial charge in [-0.15, -0.1) is 0 Å². The highest BCUT2D eigenvalue weighted by molar-refractivity contribution is 5.83. The van der Waals surface area contributed by atoms with Crippen LogP contribution in [0.4, 0.5) is 0 Å². The van der Waals surface area contributed by atoms with Gasteiger partial charge in [0.1, 0.15) is 0 Å². The lowest BCUT2D eigenvalue weighted by molar-refractivity contribution is -0.130. The molecule has 4 N–H and O–H groups in total. The van der Waals surface area contributed by atoms with Crippen molar-refractivity contribution in [3.05, 3.63) is 0 Å². The highest BCUT2D eigenvalue weighted by Gasteiger charge is 2.30. The molecule has 0 atom stereocenters. The van der Waals surface area contributed by atoms with E-state index in [4.69, 9.17) is 5.73 Å². The summed E-state index contributed by atoms with van der Waals surface area (Å²) in [5.41, 5.74) is 5.07. The van der Waals surface area contributed by atoms with Crippen LogP contribution in [-0.2, 0) is 9.59 Å². The second-order valence-electron chi connectivity index (χ2n) is 6.13. The van der Waals surface area contributed by atoms with Gasteiger partial charge in [-0.1, -0.05) is 0 Å². The molecule has 110 valence electrons. The lowest BCUT2D eigenvalue weighted by atomic mass is 9.81. The lowest BCUT2D eigenvalue weighted by Crippen LogP contribution is -2.45. The van der Waals surface area contributed by atoms with E-state index in [0.29, 0.717) is 12.5 Å². The van der Waals surface area contributed by atoms with Crippen LogP contribution in [0, 0.1) is 17.3 Å². The summed E-state index contributed by atoms with van der Waals surface area (Å²) in [5.74, 6) is 0.682. The van der Waals surface area contributed by atoms with Crippen molar-refractivity contribution in [2.75, 3.05) is 20.1 Å². The Kier molecular flexibility index (Phi) is 5.79. The predicted octanol–water partition coefficient (Wildman–Crippen LogP) is 0.640. The van der Waals surface area contributed by atoms with Crippen LogP contribution in [-0.4, -0.2) is 32.0 Å². The molecule has 1 fully saturated rings. The zero-order valence-corrected chi connectivity index (χ0v) is 12.3. The van der Waals surface area contributed by atoms with Gasteiger partial charge in [-0.3, -0.25) is 9.59 Å². The Morgan fingerprint density at radius 2 is 1.79 bits per heavy atom. The Hall–Kier alpha value is -1.10. The number of rotatable bonds is 5. The summed E-state index contributed by atoms with van der Waals surface area (Å²) in [6, 6.07) is 0. The second kappa shape index (κ2) is 6.89. The van der Waals surface area contributed by atoms with Crippen LogP contribution in [0.3, 0.4) is 0 Å². The highest BCUT2D eigenvalue weighted by Crippen LogP contribution is 2.28. The molecular formula is C14H27N3O2. The smallest absolute Gasteiger partial charge is 0.227 e. The fourth-order valence-corrected chi connectivity index (χ4v) is 2.53. The lowest BCUT2D eigenvalue weighted by Gasteiger charge is -2.28. The van der Waals surface area contributed by atoms with E-state index in [0.717, 1.165) is 32.2 Å². The van der Waals surface area contributed by atoms with E-state index in [9.17, 15) is 9.59 Å². The molecule has 19 heavy (non-hydrogen) atoms. The first-order valence-corrected chi connectivity index (χ1v) is 7.10. The Bertz CT molecular complexity index is 321. The minimum atomic E-state index is -0.571. The van der Waals surface area contributed by atoms with Crippen LogP contribution in [0.15, 0.2) is 0 Å². The molecule has 0 bridgehead atoms. The molecule has 1 saturated carbocycles. The van der Waals surface area contributed by atoms with Crippen LogP contribution in [0.25, 0.3) is 0 Å². The average molecular weight is 269 g/mol. The van der Waals surface area contributed by atoms with Gasteiger partial charge in [0.15, 0.2) is 0 Å². The highest BCUT2D eigenvalue weighted by atomic mass is 16.2. The number of hydrogen-bond donors (Lipinski definition) is 3. The van der Waals surface area contributed by atoms with Gasteiger partial charge < -0.3 is 16.4 Å². The van der Waals surface area contributed by atoms with Gasteiger partial charge in [0.2, 0.25) is 11.8 Å². The first-order valence-electron chi connectivity index (χ1n) is 7.10. The molecule has 0 aromatic carbocycles. The minimum absolute atomic E-state index is 0.0559. The molecule has 0 heterocycles. The average Bonchev–Trinajstić information content (AvgIpc) is 2.43. The fraction of sp³-hybridized carbons (Fsp3) is 0.857. The second-order valence-corrected chi connectivity index (χ2v) is 6.13. The van der Waals surface area contributed by atoms with E-state index < -0.39 is 5.41 Å². The topological polar surface area (TPSA) is 84.2 Å². The largest absolute Gasteiger partial charge is 0.359 e. The number of carbonyl (C=O) groups excluding carboxylic acids is 2. The summed E-state index contributed by atoms with van der Waals surface area (Å²) in [6.07, 6.45) is 3.89. The molecule has 5 heteroatoms. The van der Waals surface area contributed by atoms with Crippen molar-refractivity contribution in [2.45, 2.75) is 39.5 Å². The molecular weight excluding hydrogens is 242 g/mol. The molecule has 5 nitrogen and oxygen atoms in total. The van der Waals surface area contributed by atoms with Crippen LogP contribution < -0.4 is 16.4 Å². The molecule has 0 spiro atoms. The number of hydrogen-bond acceptors (Lipinski definition) is 3. The Morgan fingerprint density at radius 3 is 2.26 bits per heavy atom. The summed E-state index contributed by atoms with van der Waals surface area (Å²) in [5, 5.41) is 5.53. The molecule has 0 aromatic heterocycles. The maximum absolute atomic E-state index is 12.1. The van der Waals surface area contributed by atoms with Gasteiger partial charge in [-0.2, -0.15) is 0 Å². The predicted molar refractivity (Wildman–Crippen MR) is 75.4 cm³/mol. The Morgan fingerprint density at radius 1 is 1.21 bits per heavy atom. The molecule has 0 aliphatic heterocycles. The Labute approximate surface area is 115 Å². The molecule has 0 radical (unpaired) electrons. The first kappa shape index (κ1) is 16.0. The van der Waals surface area contributed by atoms with Crippen LogP contribution in [0.2, 0.25) is 0 Å². The van der Waals surface area contributed by atoms with Gasteiger partial charge in [0.25, 0.3) is 0 Å². The van der Waals surface area contributed by atoms with E-state index in [2.05, 4.69) is 10.6 Å². The molecule has 1 aliphatic rings.